The Morgan fingerprint density at radius 3 is 2.50 bits per heavy atom. The van der Waals surface area contributed by atoms with Crippen LogP contribution in [0.5, 0.6) is 0 Å². The Kier molecular flexibility index (Phi) is 4.24. The first-order chi connectivity index (χ1) is 10.8. The Morgan fingerprint density at radius 1 is 1.09 bits per heavy atom. The normalized spacial score (nSPS) is 10.2. The van der Waals surface area contributed by atoms with Crippen molar-refractivity contribution in [2.45, 2.75) is 13.5 Å². The molecule has 0 aliphatic carbocycles. The predicted octanol–water partition coefficient (Wildman–Crippen LogP) is 4.45. The molecule has 1 aromatic heterocycles. The summed E-state index contributed by atoms with van der Waals surface area (Å²) in [6, 6.07) is 18.4. The van der Waals surface area contributed by atoms with Gasteiger partial charge in [0.2, 0.25) is 0 Å². The highest BCUT2D eigenvalue weighted by Gasteiger charge is 2.11. The standard InChI is InChI=1S/C18H15N3S/c1-14-7-9-15(10-8-14)18-16(11-19-13-22)12-21(20-18)17-5-3-2-4-6-17/h2-10,12H,11H2,1H3. The third-order valence-corrected chi connectivity index (χ3v) is 3.58. The molecule has 0 unspecified atom stereocenters. The van der Waals surface area contributed by atoms with Gasteiger partial charge < -0.3 is 0 Å². The third kappa shape index (κ3) is 3.03. The van der Waals surface area contributed by atoms with Gasteiger partial charge in [-0.2, -0.15) is 5.10 Å². The minimum Gasteiger partial charge on any atom is -0.240 e. The molecule has 0 amide bonds. The van der Waals surface area contributed by atoms with Gasteiger partial charge in [-0.25, -0.2) is 9.67 Å². The molecule has 0 saturated heterocycles. The van der Waals surface area contributed by atoms with Crippen LogP contribution in [0.3, 0.4) is 0 Å². The molecule has 22 heavy (non-hydrogen) atoms. The fraction of sp³-hybridized carbons (Fsp3) is 0.111. The van der Waals surface area contributed by atoms with E-state index in [1.54, 1.807) is 0 Å². The number of hydrogen-bond acceptors (Lipinski definition) is 3. The molecule has 0 saturated carbocycles. The van der Waals surface area contributed by atoms with Gasteiger partial charge >= 0.3 is 0 Å². The van der Waals surface area contributed by atoms with Crippen molar-refractivity contribution in [2.24, 2.45) is 4.99 Å². The number of aryl methyl sites for hydroxylation is 1. The molecule has 3 nitrogen and oxygen atoms in total. The number of benzene rings is 2. The van der Waals surface area contributed by atoms with Crippen LogP contribution in [0.1, 0.15) is 11.1 Å². The predicted molar refractivity (Wildman–Crippen MR) is 92.5 cm³/mol. The fourth-order valence-electron chi connectivity index (χ4n) is 2.31. The Labute approximate surface area is 135 Å². The lowest BCUT2D eigenvalue weighted by atomic mass is 10.1. The summed E-state index contributed by atoms with van der Waals surface area (Å²) in [6.07, 6.45) is 2.00. The van der Waals surface area contributed by atoms with Crippen LogP contribution in [-0.2, 0) is 6.54 Å². The Balaban J connectivity index is 2.09. The van der Waals surface area contributed by atoms with Crippen LogP contribution >= 0.6 is 12.2 Å². The van der Waals surface area contributed by atoms with Crippen molar-refractivity contribution in [2.75, 3.05) is 0 Å². The van der Waals surface area contributed by atoms with Crippen LogP contribution < -0.4 is 0 Å². The quantitative estimate of drug-likeness (QED) is 0.526. The van der Waals surface area contributed by atoms with Gasteiger partial charge in [0.1, 0.15) is 0 Å². The van der Waals surface area contributed by atoms with Gasteiger partial charge in [-0.1, -0.05) is 48.0 Å². The number of hydrogen-bond donors (Lipinski definition) is 0. The number of aromatic nitrogens is 2. The lowest BCUT2D eigenvalue weighted by Crippen LogP contribution is -1.93. The summed E-state index contributed by atoms with van der Waals surface area (Å²) in [7, 11) is 0. The van der Waals surface area contributed by atoms with E-state index in [-0.39, 0.29) is 0 Å². The van der Waals surface area contributed by atoms with E-state index >= 15 is 0 Å². The van der Waals surface area contributed by atoms with Crippen molar-refractivity contribution in [3.63, 3.8) is 0 Å². The van der Waals surface area contributed by atoms with Gasteiger partial charge in [0.05, 0.1) is 23.1 Å². The molecule has 108 valence electrons. The van der Waals surface area contributed by atoms with E-state index in [2.05, 4.69) is 53.6 Å². The summed E-state index contributed by atoms with van der Waals surface area (Å²) in [4.78, 5) is 4.06. The Hall–Kier alpha value is -2.55. The second kappa shape index (κ2) is 6.48. The molecule has 0 radical (unpaired) electrons. The zero-order chi connectivity index (χ0) is 15.4. The first-order valence-corrected chi connectivity index (χ1v) is 7.43. The van der Waals surface area contributed by atoms with Crippen molar-refractivity contribution >= 4 is 17.4 Å². The molecule has 0 aliphatic rings. The van der Waals surface area contributed by atoms with Gasteiger partial charge in [-0.15, -0.1) is 0 Å². The average molecular weight is 305 g/mol. The minimum absolute atomic E-state index is 0.486. The highest BCUT2D eigenvalue weighted by atomic mass is 32.1. The number of para-hydroxylation sites is 1. The lowest BCUT2D eigenvalue weighted by molar-refractivity contribution is 0.883. The maximum absolute atomic E-state index is 4.73. The third-order valence-electron chi connectivity index (χ3n) is 3.45. The molecule has 3 aromatic rings. The summed E-state index contributed by atoms with van der Waals surface area (Å²) in [5.74, 6) is 0. The summed E-state index contributed by atoms with van der Waals surface area (Å²) in [6.45, 7) is 2.56. The van der Waals surface area contributed by atoms with E-state index in [4.69, 9.17) is 5.10 Å². The molecule has 0 spiro atoms. The molecular weight excluding hydrogens is 290 g/mol. The number of thiocarbonyl (C=S) groups is 1. The summed E-state index contributed by atoms with van der Waals surface area (Å²) in [5, 5.41) is 7.15. The highest BCUT2D eigenvalue weighted by molar-refractivity contribution is 7.78. The van der Waals surface area contributed by atoms with Crippen LogP contribution in [0.2, 0.25) is 0 Å². The van der Waals surface area contributed by atoms with Gasteiger partial charge in [-0.3, -0.25) is 0 Å². The van der Waals surface area contributed by atoms with Crippen LogP contribution in [-0.4, -0.2) is 14.9 Å². The van der Waals surface area contributed by atoms with E-state index in [9.17, 15) is 0 Å². The minimum atomic E-state index is 0.486. The summed E-state index contributed by atoms with van der Waals surface area (Å²) in [5.41, 5.74) is 5.29. The number of nitrogens with zero attached hydrogens (tertiary/aromatic N) is 3. The zero-order valence-corrected chi connectivity index (χ0v) is 13.0. The van der Waals surface area contributed by atoms with Crippen LogP contribution in [0.15, 0.2) is 65.8 Å². The topological polar surface area (TPSA) is 30.2 Å². The van der Waals surface area contributed by atoms with Crippen LogP contribution in [0.25, 0.3) is 16.9 Å². The molecule has 0 bridgehead atoms. The molecule has 0 fully saturated rings. The smallest absolute Gasteiger partial charge is 0.0978 e. The van der Waals surface area contributed by atoms with Gasteiger partial charge in [0, 0.05) is 17.3 Å². The lowest BCUT2D eigenvalue weighted by Gasteiger charge is -2.01. The number of isothiocyanates is 1. The zero-order valence-electron chi connectivity index (χ0n) is 12.2. The molecule has 3 rings (SSSR count). The maximum atomic E-state index is 4.73. The monoisotopic (exact) mass is 305 g/mol. The molecule has 0 aliphatic heterocycles. The fourth-order valence-corrected chi connectivity index (χ4v) is 2.37. The second-order valence-electron chi connectivity index (χ2n) is 5.06. The van der Waals surface area contributed by atoms with Crippen molar-refractivity contribution in [1.29, 1.82) is 0 Å². The Bertz CT molecular complexity index is 813. The molecule has 1 heterocycles. The van der Waals surface area contributed by atoms with Crippen molar-refractivity contribution < 1.29 is 0 Å². The molecule has 2 aromatic carbocycles. The van der Waals surface area contributed by atoms with E-state index in [1.807, 2.05) is 41.2 Å². The molecule has 0 atom stereocenters. The summed E-state index contributed by atoms with van der Waals surface area (Å²) < 4.78 is 1.88. The van der Waals surface area contributed by atoms with E-state index in [0.29, 0.717) is 6.54 Å². The average Bonchev–Trinajstić information content (AvgIpc) is 2.98. The summed E-state index contributed by atoms with van der Waals surface area (Å²) >= 11 is 4.68. The van der Waals surface area contributed by atoms with Crippen molar-refractivity contribution in [3.05, 3.63) is 71.9 Å². The van der Waals surface area contributed by atoms with Crippen molar-refractivity contribution in [3.8, 4) is 16.9 Å². The van der Waals surface area contributed by atoms with Gasteiger partial charge in [0.15, 0.2) is 0 Å². The van der Waals surface area contributed by atoms with Crippen LogP contribution in [0.4, 0.5) is 0 Å². The number of aliphatic imine (C=N–C) groups is 1. The van der Waals surface area contributed by atoms with Gasteiger partial charge in [0.25, 0.3) is 0 Å². The highest BCUT2D eigenvalue weighted by Crippen LogP contribution is 2.24. The largest absolute Gasteiger partial charge is 0.240 e. The van der Waals surface area contributed by atoms with E-state index in [0.717, 1.165) is 22.5 Å². The first-order valence-electron chi connectivity index (χ1n) is 7.02. The second-order valence-corrected chi connectivity index (χ2v) is 5.24. The van der Waals surface area contributed by atoms with Crippen LogP contribution in [0, 0.1) is 6.92 Å². The first kappa shape index (κ1) is 14.4. The van der Waals surface area contributed by atoms with Crippen molar-refractivity contribution in [1.82, 2.24) is 9.78 Å². The van der Waals surface area contributed by atoms with E-state index in [1.165, 1.54) is 5.56 Å². The molecule has 4 heteroatoms. The van der Waals surface area contributed by atoms with Gasteiger partial charge in [-0.05, 0) is 31.3 Å². The molecule has 0 N–H and O–H groups in total. The maximum Gasteiger partial charge on any atom is 0.0978 e. The molecular formula is C18H15N3S. The van der Waals surface area contributed by atoms with E-state index < -0.39 is 0 Å². The SMILES string of the molecule is Cc1ccc(-c2nn(-c3ccccc3)cc2CN=C=S)cc1. The number of rotatable bonds is 4. The Morgan fingerprint density at radius 2 is 1.82 bits per heavy atom.